The van der Waals surface area contributed by atoms with Crippen LogP contribution in [-0.4, -0.2) is 25.5 Å². The van der Waals surface area contributed by atoms with E-state index in [9.17, 15) is 0 Å². The first-order valence-corrected chi connectivity index (χ1v) is 8.21. The van der Waals surface area contributed by atoms with Gasteiger partial charge in [0.1, 0.15) is 0 Å². The second-order valence-electron chi connectivity index (χ2n) is 4.61. The van der Waals surface area contributed by atoms with Gasteiger partial charge >= 0.3 is 0 Å². The highest BCUT2D eigenvalue weighted by molar-refractivity contribution is 9.10. The first-order valence-electron chi connectivity index (χ1n) is 6.43. The van der Waals surface area contributed by atoms with E-state index in [0.717, 1.165) is 31.4 Å². The van der Waals surface area contributed by atoms with E-state index in [-0.39, 0.29) is 0 Å². The number of hydrogen-bond acceptors (Lipinski definition) is 3. The molecule has 0 atom stereocenters. The number of methoxy groups -OCH3 is 1. The van der Waals surface area contributed by atoms with E-state index in [1.807, 2.05) is 11.8 Å². The van der Waals surface area contributed by atoms with Crippen LogP contribution in [0.1, 0.15) is 24.8 Å². The van der Waals surface area contributed by atoms with Crippen LogP contribution in [0.5, 0.6) is 0 Å². The molecule has 1 N–H and O–H groups in total. The molecule has 1 saturated carbocycles. The van der Waals surface area contributed by atoms with Crippen molar-refractivity contribution in [3.8, 4) is 0 Å². The highest BCUT2D eigenvalue weighted by atomic mass is 79.9. The maximum atomic E-state index is 5.06. The molecule has 4 heteroatoms. The summed E-state index contributed by atoms with van der Waals surface area (Å²) in [6.45, 7) is 1.83. The highest BCUT2D eigenvalue weighted by Gasteiger charge is 2.19. The molecule has 0 saturated heterocycles. The average molecular weight is 330 g/mol. The normalized spacial score (nSPS) is 15.0. The van der Waals surface area contributed by atoms with Gasteiger partial charge in [-0.3, -0.25) is 0 Å². The fourth-order valence-corrected chi connectivity index (χ4v) is 3.32. The zero-order chi connectivity index (χ0) is 12.8. The Morgan fingerprint density at radius 2 is 2.28 bits per heavy atom. The van der Waals surface area contributed by atoms with Gasteiger partial charge in [0, 0.05) is 41.4 Å². The summed E-state index contributed by atoms with van der Waals surface area (Å²) in [7, 11) is 1.75. The van der Waals surface area contributed by atoms with Crippen LogP contribution in [0.15, 0.2) is 27.6 Å². The summed E-state index contributed by atoms with van der Waals surface area (Å²) in [6, 6.07) is 7.44. The quantitative estimate of drug-likeness (QED) is 0.578. The Hall–Kier alpha value is -0.0300. The van der Waals surface area contributed by atoms with Crippen molar-refractivity contribution in [2.24, 2.45) is 0 Å². The number of rotatable bonds is 8. The van der Waals surface area contributed by atoms with Gasteiger partial charge in [-0.25, -0.2) is 0 Å². The van der Waals surface area contributed by atoms with Gasteiger partial charge in [-0.2, -0.15) is 0 Å². The van der Waals surface area contributed by atoms with Gasteiger partial charge in [0.2, 0.25) is 0 Å². The molecule has 1 aliphatic carbocycles. The Labute approximate surface area is 122 Å². The van der Waals surface area contributed by atoms with E-state index in [0.29, 0.717) is 0 Å². The molecule has 18 heavy (non-hydrogen) atoms. The Morgan fingerprint density at radius 1 is 1.44 bits per heavy atom. The van der Waals surface area contributed by atoms with E-state index in [4.69, 9.17) is 4.74 Å². The molecule has 0 aromatic heterocycles. The summed E-state index contributed by atoms with van der Waals surface area (Å²) in [5.74, 6) is 1.10. The fraction of sp³-hybridized carbons (Fsp3) is 0.571. The zero-order valence-electron chi connectivity index (χ0n) is 10.7. The molecule has 2 rings (SSSR count). The maximum Gasteiger partial charge on any atom is 0.0470 e. The third-order valence-electron chi connectivity index (χ3n) is 2.92. The number of thioether (sulfide) groups is 1. The molecule has 1 aromatic carbocycles. The first kappa shape index (κ1) is 14.4. The van der Waals surface area contributed by atoms with Crippen molar-refractivity contribution >= 4 is 27.7 Å². The van der Waals surface area contributed by atoms with Gasteiger partial charge in [-0.05, 0) is 52.9 Å². The molecule has 100 valence electrons. The molecule has 0 unspecified atom stereocenters. The van der Waals surface area contributed by atoms with Crippen LogP contribution >= 0.6 is 27.7 Å². The predicted octanol–water partition coefficient (Wildman–Crippen LogP) is 3.83. The molecule has 1 aromatic rings. The average Bonchev–Trinajstić information content (AvgIpc) is 3.18. The van der Waals surface area contributed by atoms with Crippen molar-refractivity contribution in [3.05, 3.63) is 28.2 Å². The minimum absolute atomic E-state index is 0.770. The zero-order valence-corrected chi connectivity index (χ0v) is 13.1. The Balaban J connectivity index is 1.79. The van der Waals surface area contributed by atoms with Crippen LogP contribution < -0.4 is 5.32 Å². The third kappa shape index (κ3) is 4.92. The summed E-state index contributed by atoms with van der Waals surface area (Å²) < 4.78 is 6.26. The lowest BCUT2D eigenvalue weighted by molar-refractivity contribution is 0.200. The smallest absolute Gasteiger partial charge is 0.0470 e. The van der Waals surface area contributed by atoms with E-state index < -0.39 is 0 Å². The van der Waals surface area contributed by atoms with Gasteiger partial charge in [-0.15, -0.1) is 11.8 Å². The third-order valence-corrected chi connectivity index (χ3v) is 5.00. The summed E-state index contributed by atoms with van der Waals surface area (Å²) in [6.07, 6.45) is 3.78. The van der Waals surface area contributed by atoms with Crippen molar-refractivity contribution in [1.82, 2.24) is 5.32 Å². The minimum Gasteiger partial charge on any atom is -0.385 e. The summed E-state index contributed by atoms with van der Waals surface area (Å²) in [5.41, 5.74) is 1.36. The van der Waals surface area contributed by atoms with E-state index in [2.05, 4.69) is 39.4 Å². The van der Waals surface area contributed by atoms with E-state index >= 15 is 0 Å². The molecular formula is C14H20BrNOS. The lowest BCUT2D eigenvalue weighted by Crippen LogP contribution is -2.15. The lowest BCUT2D eigenvalue weighted by atomic mass is 10.2. The molecule has 2 nitrogen and oxygen atoms in total. The topological polar surface area (TPSA) is 21.3 Å². The molecule has 1 fully saturated rings. The van der Waals surface area contributed by atoms with Gasteiger partial charge in [0.25, 0.3) is 0 Å². The molecule has 0 aliphatic heterocycles. The van der Waals surface area contributed by atoms with Crippen molar-refractivity contribution in [3.63, 3.8) is 0 Å². The van der Waals surface area contributed by atoms with Crippen LogP contribution in [0.4, 0.5) is 0 Å². The SMILES string of the molecule is COCCCSc1ccc(CNC2CC2)cc1Br. The molecule has 0 amide bonds. The maximum absolute atomic E-state index is 5.06. The van der Waals surface area contributed by atoms with Crippen molar-refractivity contribution in [2.45, 2.75) is 36.7 Å². The van der Waals surface area contributed by atoms with E-state index in [1.54, 1.807) is 7.11 Å². The van der Waals surface area contributed by atoms with Gasteiger partial charge < -0.3 is 10.1 Å². The highest BCUT2D eigenvalue weighted by Crippen LogP contribution is 2.29. The summed E-state index contributed by atoms with van der Waals surface area (Å²) in [4.78, 5) is 1.32. The second kappa shape index (κ2) is 7.53. The minimum atomic E-state index is 0.770. The Morgan fingerprint density at radius 3 is 2.94 bits per heavy atom. The van der Waals surface area contributed by atoms with Crippen molar-refractivity contribution in [1.29, 1.82) is 0 Å². The molecular weight excluding hydrogens is 310 g/mol. The second-order valence-corrected chi connectivity index (χ2v) is 6.61. The van der Waals surface area contributed by atoms with Crippen LogP contribution in [0, 0.1) is 0 Å². The number of halogens is 1. The Kier molecular flexibility index (Phi) is 6.02. The van der Waals surface area contributed by atoms with Gasteiger partial charge in [0.15, 0.2) is 0 Å². The number of hydrogen-bond donors (Lipinski definition) is 1. The van der Waals surface area contributed by atoms with Crippen molar-refractivity contribution in [2.75, 3.05) is 19.5 Å². The standard InChI is InChI=1S/C14H20BrNOS/c1-17-7-2-8-18-14-6-3-11(9-13(14)15)10-16-12-4-5-12/h3,6,9,12,16H,2,4-5,7-8,10H2,1H3. The number of ether oxygens (including phenoxy) is 1. The number of benzene rings is 1. The largest absolute Gasteiger partial charge is 0.385 e. The molecule has 0 heterocycles. The molecule has 0 bridgehead atoms. The monoisotopic (exact) mass is 329 g/mol. The number of nitrogens with one attached hydrogen (secondary N) is 1. The lowest BCUT2D eigenvalue weighted by Gasteiger charge is -2.08. The summed E-state index contributed by atoms with van der Waals surface area (Å²) >= 11 is 5.54. The fourth-order valence-electron chi connectivity index (χ4n) is 1.71. The van der Waals surface area contributed by atoms with Crippen LogP contribution in [0.3, 0.4) is 0 Å². The van der Waals surface area contributed by atoms with Crippen molar-refractivity contribution < 1.29 is 4.74 Å². The molecule has 0 spiro atoms. The van der Waals surface area contributed by atoms with Crippen LogP contribution in [-0.2, 0) is 11.3 Å². The Bertz CT molecular complexity index is 382. The predicted molar refractivity (Wildman–Crippen MR) is 81.2 cm³/mol. The van der Waals surface area contributed by atoms with Gasteiger partial charge in [0.05, 0.1) is 0 Å². The molecule has 0 radical (unpaired) electrons. The first-order chi connectivity index (χ1) is 8.79. The van der Waals surface area contributed by atoms with Crippen LogP contribution in [0.2, 0.25) is 0 Å². The van der Waals surface area contributed by atoms with Crippen LogP contribution in [0.25, 0.3) is 0 Å². The van der Waals surface area contributed by atoms with Gasteiger partial charge in [-0.1, -0.05) is 6.07 Å². The summed E-state index contributed by atoms with van der Waals surface area (Å²) in [5, 5.41) is 3.54. The van der Waals surface area contributed by atoms with E-state index in [1.165, 1.54) is 27.8 Å². The molecule has 1 aliphatic rings.